The van der Waals surface area contributed by atoms with Crippen LogP contribution in [-0.2, 0) is 16.0 Å². The Kier molecular flexibility index (Phi) is 9.61. The van der Waals surface area contributed by atoms with Crippen LogP contribution in [0.4, 0.5) is 21.0 Å². The first-order valence-corrected chi connectivity index (χ1v) is 16.2. The molecule has 4 amide bonds. The molecule has 48 heavy (non-hydrogen) atoms. The normalized spacial score (nSPS) is 12.3. The summed E-state index contributed by atoms with van der Waals surface area (Å²) in [5, 5.41) is 8.53. The van der Waals surface area contributed by atoms with Crippen LogP contribution in [0.5, 0.6) is 0 Å². The zero-order chi connectivity index (χ0) is 33.6. The molecule has 0 bridgehead atoms. The minimum absolute atomic E-state index is 0.245. The summed E-state index contributed by atoms with van der Waals surface area (Å²) in [6.07, 6.45) is 1.11. The number of aryl methyl sites for hydroxylation is 1. The monoisotopic (exact) mass is 645 g/mol. The lowest BCUT2D eigenvalue weighted by atomic mass is 9.97. The number of anilines is 2. The zero-order valence-corrected chi connectivity index (χ0v) is 27.0. The highest BCUT2D eigenvalue weighted by molar-refractivity contribution is 6.21. The molecule has 0 atom stereocenters. The molecule has 0 unspecified atom stereocenters. The van der Waals surface area contributed by atoms with Crippen molar-refractivity contribution in [1.82, 2.24) is 4.90 Å². The Bertz CT molecular complexity index is 1990. The summed E-state index contributed by atoms with van der Waals surface area (Å²) in [5.41, 5.74) is 4.94. The smallest absolute Gasteiger partial charge is 0.411 e. The van der Waals surface area contributed by atoms with Crippen molar-refractivity contribution in [1.29, 1.82) is 0 Å². The quantitative estimate of drug-likeness (QED) is 0.0663. The third-order valence-corrected chi connectivity index (χ3v) is 8.36. The molecule has 10 heteroatoms. The zero-order valence-electron chi connectivity index (χ0n) is 27.0. The number of aromatic nitrogens is 1. The van der Waals surface area contributed by atoms with Crippen LogP contribution >= 0.6 is 0 Å². The van der Waals surface area contributed by atoms with Crippen LogP contribution in [0.15, 0.2) is 91.0 Å². The summed E-state index contributed by atoms with van der Waals surface area (Å²) in [5.74, 6) is -0.489. The topological polar surface area (TPSA) is 118 Å². The molecule has 244 valence electrons. The van der Waals surface area contributed by atoms with Gasteiger partial charge in [0.15, 0.2) is 0 Å². The van der Waals surface area contributed by atoms with Gasteiger partial charge in [0.1, 0.15) is 6.54 Å². The second-order valence-electron chi connectivity index (χ2n) is 11.4. The number of imide groups is 1. The lowest BCUT2D eigenvalue weighted by Crippen LogP contribution is -2.38. The fourth-order valence-corrected chi connectivity index (χ4v) is 6.25. The molecule has 1 aliphatic rings. The molecule has 0 aliphatic carbocycles. The largest absolute Gasteiger partial charge is 0.450 e. The van der Waals surface area contributed by atoms with Gasteiger partial charge in [-0.15, -0.1) is 0 Å². The number of unbranched alkanes of at least 4 members (excludes halogenated alkanes) is 2. The van der Waals surface area contributed by atoms with Crippen LogP contribution in [-0.4, -0.2) is 48.7 Å². The summed E-state index contributed by atoms with van der Waals surface area (Å²) in [7, 11) is 0. The first-order valence-electron chi connectivity index (χ1n) is 16.2. The standard InChI is InChI=1S/C38H36N4O6/c1-3-47-37(45)39-26-17-19-28-29-20-18-27(40-38(46)48-4-2)24-33(29)41(34(32(28)23-26)25-13-7-5-8-14-25)21-11-6-12-22-42-35(43)30-15-9-10-16-31(30)36(42)44/h5,7-10,13-20,23-24H,3-4,6,11-12,21-22H2,1-2H3,(H,39,45)/p+1. The molecular formula is C38H37N4O6+. The van der Waals surface area contributed by atoms with Crippen LogP contribution in [0.25, 0.3) is 32.9 Å². The molecule has 0 fully saturated rings. The molecule has 1 aliphatic heterocycles. The third-order valence-electron chi connectivity index (χ3n) is 8.36. The number of fused-ring (bicyclic) bond motifs is 4. The van der Waals surface area contributed by atoms with Crippen LogP contribution in [0.1, 0.15) is 53.8 Å². The number of pyridine rings is 1. The molecule has 0 saturated heterocycles. The molecule has 5 aromatic rings. The highest BCUT2D eigenvalue weighted by Gasteiger charge is 2.34. The Hall–Kier alpha value is -5.77. The molecule has 2 N–H and O–H groups in total. The van der Waals surface area contributed by atoms with E-state index in [1.165, 1.54) is 4.90 Å². The average Bonchev–Trinajstić information content (AvgIpc) is 3.33. The SMILES string of the molecule is CCOC(=O)Nc1ccc2c(c1)c(-c1ccccc1)[n+](CCCCCN1C(=O)c3ccccc3C1=O)c1cc(NC(=O)OCC)ccc21. The van der Waals surface area contributed by atoms with Gasteiger partial charge in [-0.1, -0.05) is 36.4 Å². The molecule has 0 spiro atoms. The minimum Gasteiger partial charge on any atom is -0.450 e. The number of rotatable bonds is 11. The van der Waals surface area contributed by atoms with Crippen molar-refractivity contribution in [2.24, 2.45) is 0 Å². The Morgan fingerprint density at radius 3 is 1.88 bits per heavy atom. The van der Waals surface area contributed by atoms with Gasteiger partial charge in [-0.2, -0.15) is 4.57 Å². The highest BCUT2D eigenvalue weighted by atomic mass is 16.6. The summed E-state index contributed by atoms with van der Waals surface area (Å²) >= 11 is 0. The maximum atomic E-state index is 12.9. The average molecular weight is 646 g/mol. The Labute approximate surface area is 278 Å². The number of nitrogens with one attached hydrogen (secondary N) is 2. The fraction of sp³-hybridized carbons (Fsp3) is 0.237. The van der Waals surface area contributed by atoms with E-state index in [4.69, 9.17) is 9.47 Å². The van der Waals surface area contributed by atoms with Crippen molar-refractivity contribution in [3.05, 3.63) is 102 Å². The van der Waals surface area contributed by atoms with Crippen LogP contribution < -0.4 is 15.2 Å². The molecule has 0 radical (unpaired) electrons. The van der Waals surface area contributed by atoms with Gasteiger partial charge in [-0.3, -0.25) is 25.1 Å². The molecule has 4 aromatic carbocycles. The number of benzene rings is 4. The predicted octanol–water partition coefficient (Wildman–Crippen LogP) is 7.55. The third kappa shape index (κ3) is 6.55. The van der Waals surface area contributed by atoms with E-state index in [0.29, 0.717) is 42.0 Å². The fourth-order valence-electron chi connectivity index (χ4n) is 6.25. The van der Waals surface area contributed by atoms with E-state index in [1.54, 1.807) is 38.1 Å². The second-order valence-corrected chi connectivity index (χ2v) is 11.4. The lowest BCUT2D eigenvalue weighted by molar-refractivity contribution is -0.659. The summed E-state index contributed by atoms with van der Waals surface area (Å²) in [6.45, 7) is 4.98. The van der Waals surface area contributed by atoms with Crippen molar-refractivity contribution in [2.45, 2.75) is 39.7 Å². The maximum Gasteiger partial charge on any atom is 0.411 e. The number of carbonyl (C=O) groups is 4. The van der Waals surface area contributed by atoms with E-state index in [0.717, 1.165) is 45.8 Å². The molecule has 1 aromatic heterocycles. The van der Waals surface area contributed by atoms with Crippen molar-refractivity contribution < 1.29 is 33.2 Å². The van der Waals surface area contributed by atoms with Gasteiger partial charge in [0.2, 0.25) is 11.2 Å². The van der Waals surface area contributed by atoms with E-state index >= 15 is 0 Å². The van der Waals surface area contributed by atoms with E-state index in [2.05, 4.69) is 15.2 Å². The van der Waals surface area contributed by atoms with E-state index in [1.807, 2.05) is 66.7 Å². The number of nitrogens with zero attached hydrogens (tertiary/aromatic N) is 2. The van der Waals surface area contributed by atoms with Crippen LogP contribution in [0, 0.1) is 0 Å². The second kappa shape index (κ2) is 14.3. The predicted molar refractivity (Wildman–Crippen MR) is 184 cm³/mol. The first kappa shape index (κ1) is 32.2. The van der Waals surface area contributed by atoms with Gasteiger partial charge in [-0.25, -0.2) is 9.59 Å². The van der Waals surface area contributed by atoms with Gasteiger partial charge in [0.05, 0.1) is 40.8 Å². The van der Waals surface area contributed by atoms with Crippen molar-refractivity contribution in [3.63, 3.8) is 0 Å². The molecule has 2 heterocycles. The number of carbonyl (C=O) groups excluding carboxylic acids is 4. The Morgan fingerprint density at radius 2 is 1.25 bits per heavy atom. The van der Waals surface area contributed by atoms with Crippen molar-refractivity contribution in [3.8, 4) is 11.3 Å². The summed E-state index contributed by atoms with van der Waals surface area (Å²) in [4.78, 5) is 51.8. The van der Waals surface area contributed by atoms with Crippen molar-refractivity contribution >= 4 is 57.1 Å². The molecule has 6 rings (SSSR count). The lowest BCUT2D eigenvalue weighted by Gasteiger charge is -2.15. The highest BCUT2D eigenvalue weighted by Crippen LogP contribution is 2.34. The van der Waals surface area contributed by atoms with E-state index in [-0.39, 0.29) is 25.0 Å². The van der Waals surface area contributed by atoms with Gasteiger partial charge >= 0.3 is 12.2 Å². The minimum atomic E-state index is -0.532. The van der Waals surface area contributed by atoms with Gasteiger partial charge in [0.25, 0.3) is 11.8 Å². The van der Waals surface area contributed by atoms with E-state index in [9.17, 15) is 19.2 Å². The Balaban J connectivity index is 1.37. The molecular weight excluding hydrogens is 608 g/mol. The van der Waals surface area contributed by atoms with Gasteiger partial charge in [0, 0.05) is 35.7 Å². The number of ether oxygens (including phenoxy) is 2. The van der Waals surface area contributed by atoms with Crippen LogP contribution in [0.2, 0.25) is 0 Å². The van der Waals surface area contributed by atoms with Crippen LogP contribution in [0.3, 0.4) is 0 Å². The Morgan fingerprint density at radius 1 is 0.667 bits per heavy atom. The van der Waals surface area contributed by atoms with Gasteiger partial charge in [-0.05, 0) is 75.2 Å². The number of amides is 4. The van der Waals surface area contributed by atoms with Crippen molar-refractivity contribution in [2.75, 3.05) is 30.4 Å². The first-order chi connectivity index (χ1) is 23.4. The molecule has 10 nitrogen and oxygen atoms in total. The van der Waals surface area contributed by atoms with Gasteiger partial charge < -0.3 is 9.47 Å². The molecule has 0 saturated carbocycles. The number of hydrogen-bond donors (Lipinski definition) is 2. The summed E-state index contributed by atoms with van der Waals surface area (Å²) < 4.78 is 12.5. The van der Waals surface area contributed by atoms with E-state index < -0.39 is 12.2 Å². The maximum absolute atomic E-state index is 12.9. The summed E-state index contributed by atoms with van der Waals surface area (Å²) in [6, 6.07) is 28.5. The number of hydrogen-bond acceptors (Lipinski definition) is 6.